The van der Waals surface area contributed by atoms with Crippen LogP contribution in [-0.2, 0) is 16.8 Å². The maximum Gasteiger partial charge on any atom is 0.259 e. The fourth-order valence-electron chi connectivity index (χ4n) is 2.54. The minimum atomic E-state index is -1.03. The maximum absolute atomic E-state index is 12.5. The highest BCUT2D eigenvalue weighted by Gasteiger charge is 2.44. The van der Waals surface area contributed by atoms with Crippen LogP contribution in [0.1, 0.15) is 11.1 Å². The number of rotatable bonds is 3. The molecule has 0 spiro atoms. The van der Waals surface area contributed by atoms with Gasteiger partial charge < -0.3 is 5.73 Å². The van der Waals surface area contributed by atoms with Crippen LogP contribution >= 0.6 is 11.6 Å². The van der Waals surface area contributed by atoms with Crippen molar-refractivity contribution in [2.45, 2.75) is 12.0 Å². The number of hydrogen-bond donors (Lipinski definition) is 2. The lowest BCUT2D eigenvalue weighted by atomic mass is 9.84. The predicted molar refractivity (Wildman–Crippen MR) is 83.0 cm³/mol. The Bertz CT molecular complexity index is 697. The standard InChI is InChI=1S/C16H14ClN3O/c17-13-8-6-12(7-9-13)16(14(21)19-15(18)20-16)10-11-4-2-1-3-5-11/h1-9H,10H2,(H3,18,19,20,21). The number of carbonyl (C=O) groups excluding carboxylic acids is 1. The molecule has 106 valence electrons. The van der Waals surface area contributed by atoms with Crippen molar-refractivity contribution in [2.75, 3.05) is 0 Å². The predicted octanol–water partition coefficient (Wildman–Crippen LogP) is 2.22. The van der Waals surface area contributed by atoms with E-state index in [0.717, 1.165) is 11.1 Å². The molecule has 0 fully saturated rings. The van der Waals surface area contributed by atoms with Crippen molar-refractivity contribution in [3.63, 3.8) is 0 Å². The van der Waals surface area contributed by atoms with E-state index in [1.807, 2.05) is 42.5 Å². The van der Waals surface area contributed by atoms with Crippen LogP contribution in [0.15, 0.2) is 59.6 Å². The van der Waals surface area contributed by atoms with Crippen LogP contribution in [0, 0.1) is 0 Å². The molecule has 1 atom stereocenters. The monoisotopic (exact) mass is 299 g/mol. The quantitative estimate of drug-likeness (QED) is 0.912. The third kappa shape index (κ3) is 2.50. The highest BCUT2D eigenvalue weighted by molar-refractivity contribution is 6.30. The van der Waals surface area contributed by atoms with E-state index in [1.165, 1.54) is 0 Å². The SMILES string of the molecule is NC1=NC(Cc2ccccc2)(c2ccc(Cl)cc2)C(=O)N1. The summed E-state index contributed by atoms with van der Waals surface area (Å²) in [6, 6.07) is 16.9. The van der Waals surface area contributed by atoms with Crippen LogP contribution in [0.25, 0.3) is 0 Å². The molecule has 1 heterocycles. The van der Waals surface area contributed by atoms with Gasteiger partial charge in [-0.05, 0) is 23.3 Å². The first-order chi connectivity index (χ1) is 10.1. The summed E-state index contributed by atoms with van der Waals surface area (Å²) in [7, 11) is 0. The van der Waals surface area contributed by atoms with Gasteiger partial charge in [-0.1, -0.05) is 54.1 Å². The molecule has 3 N–H and O–H groups in total. The van der Waals surface area contributed by atoms with E-state index in [9.17, 15) is 4.79 Å². The minimum absolute atomic E-state index is 0.144. The van der Waals surface area contributed by atoms with E-state index < -0.39 is 5.54 Å². The Morgan fingerprint density at radius 2 is 1.76 bits per heavy atom. The van der Waals surface area contributed by atoms with Crippen molar-refractivity contribution in [1.82, 2.24) is 5.32 Å². The van der Waals surface area contributed by atoms with Gasteiger partial charge in [0.2, 0.25) is 0 Å². The molecule has 4 nitrogen and oxygen atoms in total. The number of halogens is 1. The van der Waals surface area contributed by atoms with Crippen LogP contribution in [0.2, 0.25) is 5.02 Å². The van der Waals surface area contributed by atoms with Gasteiger partial charge in [0.25, 0.3) is 5.91 Å². The van der Waals surface area contributed by atoms with E-state index in [0.29, 0.717) is 11.4 Å². The second-order valence-corrected chi connectivity index (χ2v) is 5.42. The highest BCUT2D eigenvalue weighted by Crippen LogP contribution is 2.33. The van der Waals surface area contributed by atoms with Crippen LogP contribution < -0.4 is 11.1 Å². The Balaban J connectivity index is 2.08. The fraction of sp³-hybridized carbons (Fsp3) is 0.125. The number of carbonyl (C=O) groups is 1. The van der Waals surface area contributed by atoms with Crippen molar-refractivity contribution < 1.29 is 4.79 Å². The molecule has 5 heteroatoms. The molecular formula is C16H14ClN3O. The molecule has 0 aromatic heterocycles. The van der Waals surface area contributed by atoms with Crippen molar-refractivity contribution in [1.29, 1.82) is 0 Å². The topological polar surface area (TPSA) is 67.5 Å². The van der Waals surface area contributed by atoms with Gasteiger partial charge in [-0.15, -0.1) is 0 Å². The third-order valence-electron chi connectivity index (χ3n) is 3.55. The average Bonchev–Trinajstić information content (AvgIpc) is 2.76. The molecule has 0 saturated carbocycles. The Kier molecular flexibility index (Phi) is 3.39. The molecular weight excluding hydrogens is 286 g/mol. The molecule has 0 saturated heterocycles. The zero-order valence-electron chi connectivity index (χ0n) is 11.2. The van der Waals surface area contributed by atoms with E-state index in [-0.39, 0.29) is 11.9 Å². The van der Waals surface area contributed by atoms with Crippen LogP contribution in [0.3, 0.4) is 0 Å². The lowest BCUT2D eigenvalue weighted by Gasteiger charge is -2.24. The summed E-state index contributed by atoms with van der Waals surface area (Å²) in [6.07, 6.45) is 0.446. The van der Waals surface area contributed by atoms with Crippen molar-refractivity contribution in [2.24, 2.45) is 10.7 Å². The van der Waals surface area contributed by atoms with Gasteiger partial charge in [0.05, 0.1) is 0 Å². The fourth-order valence-corrected chi connectivity index (χ4v) is 2.66. The number of benzene rings is 2. The Hall–Kier alpha value is -2.33. The Morgan fingerprint density at radius 1 is 1.10 bits per heavy atom. The van der Waals surface area contributed by atoms with Crippen LogP contribution in [-0.4, -0.2) is 11.9 Å². The molecule has 0 aliphatic carbocycles. The summed E-state index contributed by atoms with van der Waals surface area (Å²) in [4.78, 5) is 16.8. The summed E-state index contributed by atoms with van der Waals surface area (Å²) in [6.45, 7) is 0. The van der Waals surface area contributed by atoms with Crippen LogP contribution in [0.5, 0.6) is 0 Å². The Labute approximate surface area is 127 Å². The normalized spacial score (nSPS) is 21.0. The summed E-state index contributed by atoms with van der Waals surface area (Å²) >= 11 is 5.93. The second-order valence-electron chi connectivity index (χ2n) is 4.98. The average molecular weight is 300 g/mol. The van der Waals surface area contributed by atoms with E-state index in [2.05, 4.69) is 10.3 Å². The summed E-state index contributed by atoms with van der Waals surface area (Å²) in [5.41, 5.74) is 6.47. The molecule has 1 unspecified atom stereocenters. The molecule has 2 aromatic carbocycles. The van der Waals surface area contributed by atoms with E-state index >= 15 is 0 Å². The van der Waals surface area contributed by atoms with Gasteiger partial charge in [-0.25, -0.2) is 4.99 Å². The summed E-state index contributed by atoms with van der Waals surface area (Å²) < 4.78 is 0. The number of aliphatic imine (C=N–C) groups is 1. The van der Waals surface area contributed by atoms with Crippen molar-refractivity contribution >= 4 is 23.5 Å². The molecule has 1 amide bonds. The number of nitrogens with zero attached hydrogens (tertiary/aromatic N) is 1. The van der Waals surface area contributed by atoms with Crippen molar-refractivity contribution in [3.8, 4) is 0 Å². The largest absolute Gasteiger partial charge is 0.370 e. The lowest BCUT2D eigenvalue weighted by molar-refractivity contribution is -0.124. The van der Waals surface area contributed by atoms with Crippen LogP contribution in [0.4, 0.5) is 0 Å². The molecule has 1 aliphatic heterocycles. The molecule has 3 rings (SSSR count). The minimum Gasteiger partial charge on any atom is -0.370 e. The summed E-state index contributed by atoms with van der Waals surface area (Å²) in [5.74, 6) is -0.0722. The van der Waals surface area contributed by atoms with Gasteiger partial charge in [0.15, 0.2) is 11.5 Å². The second kappa shape index (κ2) is 5.22. The molecule has 1 aliphatic rings. The first kappa shape index (κ1) is 13.6. The lowest BCUT2D eigenvalue weighted by Crippen LogP contribution is -2.40. The molecule has 0 bridgehead atoms. The van der Waals surface area contributed by atoms with Gasteiger partial charge in [-0.3, -0.25) is 10.1 Å². The van der Waals surface area contributed by atoms with E-state index in [4.69, 9.17) is 17.3 Å². The zero-order chi connectivity index (χ0) is 14.9. The van der Waals surface area contributed by atoms with Gasteiger partial charge >= 0.3 is 0 Å². The number of nitrogens with two attached hydrogens (primary N) is 1. The first-order valence-corrected chi connectivity index (χ1v) is 6.95. The van der Waals surface area contributed by atoms with Crippen molar-refractivity contribution in [3.05, 3.63) is 70.7 Å². The highest BCUT2D eigenvalue weighted by atomic mass is 35.5. The molecule has 0 radical (unpaired) electrons. The van der Waals surface area contributed by atoms with Gasteiger partial charge in [0, 0.05) is 11.4 Å². The number of guanidine groups is 1. The van der Waals surface area contributed by atoms with Gasteiger partial charge in [-0.2, -0.15) is 0 Å². The Morgan fingerprint density at radius 3 is 2.33 bits per heavy atom. The van der Waals surface area contributed by atoms with Gasteiger partial charge in [0.1, 0.15) is 0 Å². The first-order valence-electron chi connectivity index (χ1n) is 6.57. The number of nitrogens with one attached hydrogen (secondary N) is 1. The molecule has 2 aromatic rings. The third-order valence-corrected chi connectivity index (χ3v) is 3.81. The number of hydrogen-bond acceptors (Lipinski definition) is 3. The zero-order valence-corrected chi connectivity index (χ0v) is 12.0. The maximum atomic E-state index is 12.5. The number of amides is 1. The van der Waals surface area contributed by atoms with E-state index in [1.54, 1.807) is 12.1 Å². The smallest absolute Gasteiger partial charge is 0.259 e. The molecule has 21 heavy (non-hydrogen) atoms. The summed E-state index contributed by atoms with van der Waals surface area (Å²) in [5, 5.41) is 3.21.